The van der Waals surface area contributed by atoms with E-state index < -0.39 is 12.4 Å². The van der Waals surface area contributed by atoms with E-state index in [-0.39, 0.29) is 24.9 Å². The average Bonchev–Trinajstić information content (AvgIpc) is 2.92. The third-order valence-electron chi connectivity index (χ3n) is 5.98. The Morgan fingerprint density at radius 3 is 2.29 bits per heavy atom. The number of amides is 1. The number of nitrogens with one attached hydrogen (secondary N) is 1. The lowest BCUT2D eigenvalue weighted by Crippen LogP contribution is -2.50. The number of rotatable bonds is 9. The largest absolute Gasteiger partial charge is 0.497 e. The zero-order valence-corrected chi connectivity index (χ0v) is 19.8. The molecule has 0 aromatic heterocycles. The van der Waals surface area contributed by atoms with E-state index in [1.165, 1.54) is 0 Å². The predicted octanol–water partition coefficient (Wildman–Crippen LogP) is 5.59. The second kappa shape index (κ2) is 12.2. The fourth-order valence-corrected chi connectivity index (χ4v) is 4.08. The van der Waals surface area contributed by atoms with Crippen LogP contribution in [0.4, 0.5) is 4.79 Å². The van der Waals surface area contributed by atoms with E-state index >= 15 is 0 Å². The lowest BCUT2D eigenvalue weighted by molar-refractivity contribution is -0.242. The fourth-order valence-electron chi connectivity index (χ4n) is 4.08. The first-order valence-electron chi connectivity index (χ1n) is 11.7. The van der Waals surface area contributed by atoms with Gasteiger partial charge in [-0.2, -0.15) is 0 Å². The molecule has 1 aliphatic rings. The van der Waals surface area contributed by atoms with Crippen LogP contribution in [0.25, 0.3) is 0 Å². The summed E-state index contributed by atoms with van der Waals surface area (Å²) in [6.45, 7) is 4.13. The van der Waals surface area contributed by atoms with Crippen LogP contribution in [0.2, 0.25) is 0 Å². The highest BCUT2D eigenvalue weighted by Crippen LogP contribution is 2.33. The van der Waals surface area contributed by atoms with Gasteiger partial charge in [-0.3, -0.25) is 0 Å². The zero-order chi connectivity index (χ0) is 24.5. The lowest BCUT2D eigenvalue weighted by Gasteiger charge is -2.38. The summed E-state index contributed by atoms with van der Waals surface area (Å²) in [6.07, 6.45) is 1.31. The summed E-state index contributed by atoms with van der Waals surface area (Å²) in [4.78, 5) is 12.8. The molecule has 4 atom stereocenters. The quantitative estimate of drug-likeness (QED) is 0.410. The molecule has 3 aromatic rings. The van der Waals surface area contributed by atoms with Crippen LogP contribution in [-0.4, -0.2) is 31.5 Å². The van der Waals surface area contributed by atoms with Gasteiger partial charge < -0.3 is 24.3 Å². The van der Waals surface area contributed by atoms with E-state index in [0.717, 1.165) is 22.4 Å². The Morgan fingerprint density at radius 2 is 1.66 bits per heavy atom. The van der Waals surface area contributed by atoms with Crippen LogP contribution in [0.5, 0.6) is 5.75 Å². The Balaban J connectivity index is 1.50. The molecule has 35 heavy (non-hydrogen) atoms. The summed E-state index contributed by atoms with van der Waals surface area (Å²) < 4.78 is 23.3. The topological polar surface area (TPSA) is 66.0 Å². The van der Waals surface area contributed by atoms with E-state index in [4.69, 9.17) is 18.9 Å². The number of benzene rings is 3. The van der Waals surface area contributed by atoms with Crippen molar-refractivity contribution in [2.45, 2.75) is 44.0 Å². The zero-order valence-electron chi connectivity index (χ0n) is 19.8. The number of methoxy groups -OCH3 is 1. The molecule has 182 valence electrons. The maximum atomic E-state index is 12.8. The molecule has 3 aromatic carbocycles. The first-order valence-corrected chi connectivity index (χ1v) is 11.7. The molecule has 6 nitrogen and oxygen atoms in total. The van der Waals surface area contributed by atoms with Gasteiger partial charge in [-0.1, -0.05) is 78.9 Å². The van der Waals surface area contributed by atoms with Crippen LogP contribution in [0, 0.1) is 0 Å². The van der Waals surface area contributed by atoms with Crippen molar-refractivity contribution < 1.29 is 23.7 Å². The van der Waals surface area contributed by atoms with E-state index in [1.54, 1.807) is 13.2 Å². The molecule has 1 aliphatic heterocycles. The van der Waals surface area contributed by atoms with Gasteiger partial charge in [-0.25, -0.2) is 4.79 Å². The Hall–Kier alpha value is -3.61. The number of alkyl carbamates (subject to hydrolysis) is 1. The molecule has 0 saturated carbocycles. The van der Waals surface area contributed by atoms with Gasteiger partial charge in [0.25, 0.3) is 0 Å². The highest BCUT2D eigenvalue weighted by Gasteiger charge is 2.35. The smallest absolute Gasteiger partial charge is 0.407 e. The summed E-state index contributed by atoms with van der Waals surface area (Å²) in [5.74, 6) is 0.756. The third-order valence-corrected chi connectivity index (χ3v) is 5.98. The Labute approximate surface area is 206 Å². The number of ether oxygens (including phenoxy) is 4. The van der Waals surface area contributed by atoms with Crippen LogP contribution in [-0.2, 0) is 27.2 Å². The average molecular weight is 474 g/mol. The maximum absolute atomic E-state index is 12.8. The summed E-state index contributed by atoms with van der Waals surface area (Å²) >= 11 is 0. The Morgan fingerprint density at radius 1 is 1.00 bits per heavy atom. The van der Waals surface area contributed by atoms with Crippen molar-refractivity contribution >= 4 is 6.09 Å². The van der Waals surface area contributed by atoms with Gasteiger partial charge in [0.1, 0.15) is 12.4 Å². The standard InChI is InChI=1S/C29H31NO5/c1-3-24-19-27(35-28(34-24)23-14-16-25(32-2)17-15-23)26(18-21-10-6-4-7-11-21)30-29(31)33-20-22-12-8-5-9-13-22/h3-17,24,26-28H,1,18-20H2,2H3,(H,30,31)/t24-,26-,27-,28-/m0/s1. The molecule has 0 unspecified atom stereocenters. The molecule has 1 fully saturated rings. The van der Waals surface area contributed by atoms with Crippen LogP contribution in [0.3, 0.4) is 0 Å². The molecular formula is C29H31NO5. The number of carbonyl (C=O) groups is 1. The van der Waals surface area contributed by atoms with Crippen molar-refractivity contribution in [2.24, 2.45) is 0 Å². The third kappa shape index (κ3) is 6.94. The summed E-state index contributed by atoms with van der Waals surface area (Å²) in [7, 11) is 1.63. The molecule has 0 bridgehead atoms. The molecule has 1 saturated heterocycles. The normalized spacial score (nSPS) is 20.4. The monoisotopic (exact) mass is 473 g/mol. The predicted molar refractivity (Wildman–Crippen MR) is 134 cm³/mol. The summed E-state index contributed by atoms with van der Waals surface area (Å²) in [5, 5.41) is 3.04. The molecule has 6 heteroatoms. The van der Waals surface area contributed by atoms with Crippen LogP contribution >= 0.6 is 0 Å². The van der Waals surface area contributed by atoms with Crippen molar-refractivity contribution in [3.8, 4) is 5.75 Å². The minimum absolute atomic E-state index is 0.198. The van der Waals surface area contributed by atoms with Gasteiger partial charge in [0.05, 0.1) is 25.4 Å². The molecule has 0 spiro atoms. The van der Waals surface area contributed by atoms with E-state index in [0.29, 0.717) is 12.8 Å². The SMILES string of the molecule is C=C[C@H]1C[C@@H]([C@H](Cc2ccccc2)NC(=O)OCc2ccccc2)O[C@@H](c2ccc(OC)cc2)O1. The van der Waals surface area contributed by atoms with Crippen LogP contribution in [0.1, 0.15) is 29.4 Å². The molecular weight excluding hydrogens is 442 g/mol. The van der Waals surface area contributed by atoms with E-state index in [9.17, 15) is 4.79 Å². The summed E-state index contributed by atoms with van der Waals surface area (Å²) in [5.41, 5.74) is 2.88. The number of hydrogen-bond acceptors (Lipinski definition) is 5. The molecule has 1 heterocycles. The van der Waals surface area contributed by atoms with Gasteiger partial charge in [0.15, 0.2) is 6.29 Å². The lowest BCUT2D eigenvalue weighted by atomic mass is 9.96. The van der Waals surface area contributed by atoms with Crippen molar-refractivity contribution in [3.63, 3.8) is 0 Å². The number of hydrogen-bond donors (Lipinski definition) is 1. The minimum atomic E-state index is -0.594. The minimum Gasteiger partial charge on any atom is -0.497 e. The van der Waals surface area contributed by atoms with Gasteiger partial charge in [0, 0.05) is 12.0 Å². The maximum Gasteiger partial charge on any atom is 0.407 e. The number of carbonyl (C=O) groups excluding carboxylic acids is 1. The van der Waals surface area contributed by atoms with E-state index in [1.807, 2.05) is 84.9 Å². The highest BCUT2D eigenvalue weighted by atomic mass is 16.7. The van der Waals surface area contributed by atoms with Crippen molar-refractivity contribution in [3.05, 3.63) is 114 Å². The second-order valence-electron chi connectivity index (χ2n) is 8.43. The molecule has 0 aliphatic carbocycles. The summed E-state index contributed by atoms with van der Waals surface area (Å²) in [6, 6.07) is 26.9. The van der Waals surface area contributed by atoms with Gasteiger partial charge >= 0.3 is 6.09 Å². The van der Waals surface area contributed by atoms with Crippen molar-refractivity contribution in [1.29, 1.82) is 0 Å². The highest BCUT2D eigenvalue weighted by molar-refractivity contribution is 5.67. The Kier molecular flexibility index (Phi) is 8.54. The van der Waals surface area contributed by atoms with Crippen LogP contribution < -0.4 is 10.1 Å². The first kappa shape index (κ1) is 24.5. The van der Waals surface area contributed by atoms with Crippen molar-refractivity contribution in [1.82, 2.24) is 5.32 Å². The fraction of sp³-hybridized carbons (Fsp3) is 0.276. The van der Waals surface area contributed by atoms with Gasteiger partial charge in [-0.05, 0) is 29.7 Å². The van der Waals surface area contributed by atoms with Crippen molar-refractivity contribution in [2.75, 3.05) is 7.11 Å². The van der Waals surface area contributed by atoms with Crippen LogP contribution in [0.15, 0.2) is 97.6 Å². The molecule has 1 amide bonds. The molecule has 4 rings (SSSR count). The second-order valence-corrected chi connectivity index (χ2v) is 8.43. The molecule has 1 N–H and O–H groups in total. The van der Waals surface area contributed by atoms with E-state index in [2.05, 4.69) is 11.9 Å². The van der Waals surface area contributed by atoms with Gasteiger partial charge in [-0.15, -0.1) is 6.58 Å². The van der Waals surface area contributed by atoms with Gasteiger partial charge in [0.2, 0.25) is 0 Å². The first-order chi connectivity index (χ1) is 17.1. The Bertz CT molecular complexity index is 1070. The molecule has 0 radical (unpaired) electrons.